The van der Waals surface area contributed by atoms with Gasteiger partial charge >= 0.3 is 0 Å². The lowest BCUT2D eigenvalue weighted by molar-refractivity contribution is -0.148. The van der Waals surface area contributed by atoms with Crippen LogP contribution in [-0.2, 0) is 20.7 Å². The summed E-state index contributed by atoms with van der Waals surface area (Å²) >= 11 is 0. The van der Waals surface area contributed by atoms with Crippen LogP contribution in [0.5, 0.6) is 0 Å². The summed E-state index contributed by atoms with van der Waals surface area (Å²) in [5.74, 6) is 0.0260. The second-order valence-electron chi connectivity index (χ2n) is 3.79. The highest BCUT2D eigenvalue weighted by molar-refractivity contribution is 6.01. The molecule has 0 aromatic heterocycles. The van der Waals surface area contributed by atoms with Gasteiger partial charge in [-0.2, -0.15) is 0 Å². The Hall–Kier alpha value is -1.39. The maximum Gasteiger partial charge on any atom is 0.247 e. The van der Waals surface area contributed by atoms with Gasteiger partial charge in [0.2, 0.25) is 12.3 Å². The van der Waals surface area contributed by atoms with Crippen molar-refractivity contribution in [1.29, 1.82) is 0 Å². The molecule has 4 nitrogen and oxygen atoms in total. The van der Waals surface area contributed by atoms with Crippen LogP contribution in [0.4, 0.5) is 5.69 Å². The van der Waals surface area contributed by atoms with Crippen molar-refractivity contribution in [3.05, 3.63) is 29.8 Å². The second kappa shape index (κ2) is 5.29. The van der Waals surface area contributed by atoms with E-state index < -0.39 is 6.41 Å². The van der Waals surface area contributed by atoms with E-state index in [1.54, 1.807) is 4.90 Å². The van der Waals surface area contributed by atoms with Gasteiger partial charge in [0.05, 0.1) is 12.1 Å². The van der Waals surface area contributed by atoms with Crippen molar-refractivity contribution in [2.75, 3.05) is 18.1 Å². The van der Waals surface area contributed by atoms with Gasteiger partial charge in [0.15, 0.2) is 0 Å². The molecule has 0 aliphatic carbocycles. The summed E-state index contributed by atoms with van der Waals surface area (Å²) in [5.41, 5.74) is 1.92. The minimum Gasteiger partial charge on any atom is -0.335 e. The van der Waals surface area contributed by atoms with E-state index in [2.05, 4.69) is 0 Å². The van der Waals surface area contributed by atoms with Crippen LogP contribution < -0.4 is 4.90 Å². The third-order valence-electron chi connectivity index (χ3n) is 2.69. The first-order valence-corrected chi connectivity index (χ1v) is 5.91. The molecule has 0 saturated carbocycles. The normalized spacial score (nSPS) is 14.5. The number of carbonyl (C=O) groups excluding carboxylic acids is 1. The molecule has 0 N–H and O–H groups in total. The number of hydrogen-bond acceptors (Lipinski definition) is 3. The van der Waals surface area contributed by atoms with Crippen molar-refractivity contribution in [1.82, 2.24) is 0 Å². The molecule has 0 fully saturated rings. The van der Waals surface area contributed by atoms with Gasteiger partial charge in [-0.15, -0.1) is 0 Å². The maximum atomic E-state index is 12.0. The van der Waals surface area contributed by atoms with Crippen LogP contribution >= 0.6 is 0 Å². The highest BCUT2D eigenvalue weighted by Gasteiger charge is 2.33. The molecule has 0 unspecified atom stereocenters. The summed E-state index contributed by atoms with van der Waals surface area (Å²) in [6.45, 7) is 4.80. The highest BCUT2D eigenvalue weighted by atomic mass is 16.7. The Bertz CT molecular complexity index is 399. The summed E-state index contributed by atoms with van der Waals surface area (Å²) in [6, 6.07) is 7.73. The van der Waals surface area contributed by atoms with Crippen LogP contribution in [0.3, 0.4) is 0 Å². The Morgan fingerprint density at radius 2 is 1.88 bits per heavy atom. The molecule has 1 aromatic carbocycles. The van der Waals surface area contributed by atoms with Gasteiger partial charge in [-0.05, 0) is 25.5 Å². The topological polar surface area (TPSA) is 38.8 Å². The Labute approximate surface area is 101 Å². The molecule has 2 rings (SSSR count). The van der Waals surface area contributed by atoms with Crippen molar-refractivity contribution in [3.8, 4) is 0 Å². The second-order valence-corrected chi connectivity index (χ2v) is 3.79. The molecule has 1 amide bonds. The van der Waals surface area contributed by atoms with Crippen LogP contribution in [0.2, 0.25) is 0 Å². The number of fused-ring (bicyclic) bond motifs is 1. The number of rotatable bonds is 5. The van der Waals surface area contributed by atoms with Crippen LogP contribution in [-0.4, -0.2) is 25.5 Å². The van der Waals surface area contributed by atoms with Crippen molar-refractivity contribution < 1.29 is 14.3 Å². The summed E-state index contributed by atoms with van der Waals surface area (Å²) in [7, 11) is 0. The lowest BCUT2D eigenvalue weighted by Crippen LogP contribution is -2.41. The van der Waals surface area contributed by atoms with Crippen molar-refractivity contribution in [2.24, 2.45) is 0 Å². The van der Waals surface area contributed by atoms with Crippen molar-refractivity contribution >= 4 is 11.6 Å². The van der Waals surface area contributed by atoms with Gasteiger partial charge in [0.25, 0.3) is 0 Å². The average molecular weight is 235 g/mol. The molecule has 4 heteroatoms. The molecule has 1 heterocycles. The van der Waals surface area contributed by atoms with E-state index in [4.69, 9.17) is 9.47 Å². The molecular formula is C13H17NO3. The first kappa shape index (κ1) is 12.1. The predicted octanol–water partition coefficient (Wildman–Crippen LogP) is 1.93. The number of nitrogens with zero attached hydrogens (tertiary/aromatic N) is 1. The molecule has 0 spiro atoms. The van der Waals surface area contributed by atoms with Crippen molar-refractivity contribution in [3.63, 3.8) is 0 Å². The Kier molecular flexibility index (Phi) is 3.76. The Morgan fingerprint density at radius 3 is 2.53 bits per heavy atom. The first-order chi connectivity index (χ1) is 8.27. The maximum absolute atomic E-state index is 12.0. The molecule has 1 aliphatic rings. The number of ether oxygens (including phenoxy) is 2. The van der Waals surface area contributed by atoms with Crippen molar-refractivity contribution in [2.45, 2.75) is 26.7 Å². The van der Waals surface area contributed by atoms with E-state index in [1.807, 2.05) is 38.1 Å². The molecule has 0 atom stereocenters. The summed E-state index contributed by atoms with van der Waals surface area (Å²) in [5, 5.41) is 0. The lowest BCUT2D eigenvalue weighted by atomic mass is 10.2. The zero-order chi connectivity index (χ0) is 12.3. The molecule has 17 heavy (non-hydrogen) atoms. The van der Waals surface area contributed by atoms with Crippen LogP contribution in [0, 0.1) is 0 Å². The summed E-state index contributed by atoms with van der Waals surface area (Å²) < 4.78 is 11.0. The Morgan fingerprint density at radius 1 is 1.24 bits per heavy atom. The number of para-hydroxylation sites is 1. The summed E-state index contributed by atoms with van der Waals surface area (Å²) in [4.78, 5) is 13.6. The van der Waals surface area contributed by atoms with Crippen LogP contribution in [0.25, 0.3) is 0 Å². The SMILES string of the molecule is CCOC(OCC)N1C(=O)Cc2ccccc21. The fourth-order valence-corrected chi connectivity index (χ4v) is 1.99. The fourth-order valence-electron chi connectivity index (χ4n) is 1.99. The largest absolute Gasteiger partial charge is 0.335 e. The number of carbonyl (C=O) groups is 1. The van der Waals surface area contributed by atoms with Gasteiger partial charge in [0.1, 0.15) is 0 Å². The smallest absolute Gasteiger partial charge is 0.247 e. The van der Waals surface area contributed by atoms with Crippen LogP contribution in [0.15, 0.2) is 24.3 Å². The molecular weight excluding hydrogens is 218 g/mol. The zero-order valence-electron chi connectivity index (χ0n) is 10.2. The van der Waals surface area contributed by atoms with Gasteiger partial charge in [-0.3, -0.25) is 9.69 Å². The molecule has 0 bridgehead atoms. The number of benzene rings is 1. The minimum atomic E-state index is -0.610. The summed E-state index contributed by atoms with van der Waals surface area (Å²) in [6.07, 6.45) is -0.187. The molecule has 0 radical (unpaired) electrons. The van der Waals surface area contributed by atoms with E-state index in [1.165, 1.54) is 0 Å². The first-order valence-electron chi connectivity index (χ1n) is 5.91. The van der Waals surface area contributed by atoms with Gasteiger partial charge in [-0.1, -0.05) is 18.2 Å². The number of hydrogen-bond donors (Lipinski definition) is 0. The number of amides is 1. The van der Waals surface area contributed by atoms with E-state index >= 15 is 0 Å². The van der Waals surface area contributed by atoms with E-state index in [9.17, 15) is 4.79 Å². The van der Waals surface area contributed by atoms with Gasteiger partial charge in [0, 0.05) is 13.2 Å². The molecule has 1 aliphatic heterocycles. The van der Waals surface area contributed by atoms with E-state index in [0.717, 1.165) is 11.3 Å². The zero-order valence-corrected chi connectivity index (χ0v) is 10.2. The minimum absolute atomic E-state index is 0.0260. The van der Waals surface area contributed by atoms with Crippen LogP contribution in [0.1, 0.15) is 19.4 Å². The third-order valence-corrected chi connectivity index (χ3v) is 2.69. The number of anilines is 1. The molecule has 1 aromatic rings. The fraction of sp³-hybridized carbons (Fsp3) is 0.462. The van der Waals surface area contributed by atoms with E-state index in [0.29, 0.717) is 19.6 Å². The van der Waals surface area contributed by atoms with Gasteiger partial charge in [-0.25, -0.2) is 0 Å². The third kappa shape index (κ3) is 2.33. The lowest BCUT2D eigenvalue weighted by Gasteiger charge is -2.27. The molecule has 92 valence electrons. The standard InChI is InChI=1S/C13H17NO3/c1-3-16-13(17-4-2)14-11-8-6-5-7-10(11)9-12(14)15/h5-8,13H,3-4,9H2,1-2H3. The predicted molar refractivity (Wildman–Crippen MR) is 64.7 cm³/mol. The molecule has 0 saturated heterocycles. The highest BCUT2D eigenvalue weighted by Crippen LogP contribution is 2.30. The average Bonchev–Trinajstić information content (AvgIpc) is 2.64. The van der Waals surface area contributed by atoms with Gasteiger partial charge < -0.3 is 9.47 Å². The quantitative estimate of drug-likeness (QED) is 0.732. The van der Waals surface area contributed by atoms with E-state index in [-0.39, 0.29) is 5.91 Å². The monoisotopic (exact) mass is 235 g/mol. The Balaban J connectivity index is 2.27.